The van der Waals surface area contributed by atoms with Crippen molar-refractivity contribution >= 4 is 17.6 Å². The average molecular weight is 289 g/mol. The summed E-state index contributed by atoms with van der Waals surface area (Å²) in [6.45, 7) is 1.48. The number of hydrogen-bond donors (Lipinski definition) is 3. The predicted octanol–water partition coefficient (Wildman–Crippen LogP) is 1.96. The van der Waals surface area contributed by atoms with Crippen LogP contribution < -0.4 is 16.0 Å². The van der Waals surface area contributed by atoms with Crippen LogP contribution in [0.4, 0.5) is 23.7 Å². The summed E-state index contributed by atoms with van der Waals surface area (Å²) >= 11 is 0. The fourth-order valence-corrected chi connectivity index (χ4v) is 1.35. The van der Waals surface area contributed by atoms with Crippen LogP contribution >= 0.6 is 0 Å². The van der Waals surface area contributed by atoms with Crippen molar-refractivity contribution in [2.45, 2.75) is 19.1 Å². The summed E-state index contributed by atoms with van der Waals surface area (Å²) in [6, 6.07) is 2.82. The maximum atomic E-state index is 12.4. The van der Waals surface area contributed by atoms with Crippen molar-refractivity contribution in [2.24, 2.45) is 0 Å². The van der Waals surface area contributed by atoms with Gasteiger partial charge < -0.3 is 10.6 Å². The zero-order chi connectivity index (χ0) is 15.3. The number of rotatable bonds is 3. The van der Waals surface area contributed by atoms with E-state index in [1.165, 1.54) is 26.1 Å². The van der Waals surface area contributed by atoms with Crippen molar-refractivity contribution in [1.29, 1.82) is 0 Å². The first-order chi connectivity index (χ1) is 9.24. The van der Waals surface area contributed by atoms with Gasteiger partial charge in [-0.3, -0.25) is 10.1 Å². The van der Waals surface area contributed by atoms with Gasteiger partial charge in [-0.05, 0) is 31.2 Å². The first-order valence-electron chi connectivity index (χ1n) is 5.70. The van der Waals surface area contributed by atoms with Gasteiger partial charge >= 0.3 is 12.2 Å². The van der Waals surface area contributed by atoms with E-state index in [0.29, 0.717) is 5.69 Å². The molecule has 5 nitrogen and oxygen atoms in total. The maximum absolute atomic E-state index is 12.4. The Labute approximate surface area is 113 Å². The predicted molar refractivity (Wildman–Crippen MR) is 67.1 cm³/mol. The molecule has 0 bridgehead atoms. The molecule has 8 heteroatoms. The molecule has 0 saturated heterocycles. The number of anilines is 1. The standard InChI is InChI=1S/C12H14F3N3O2/c1-7(10(19)18-11(20)16-2)17-9-5-3-8(4-6-9)12(13,14)15/h3-7,17H,1-2H3,(H2,16,18,19,20). The summed E-state index contributed by atoms with van der Waals surface area (Å²) in [6.07, 6.45) is -4.40. The normalized spacial score (nSPS) is 12.4. The lowest BCUT2D eigenvalue weighted by Crippen LogP contribution is -2.44. The first-order valence-corrected chi connectivity index (χ1v) is 5.70. The van der Waals surface area contributed by atoms with E-state index in [1.807, 2.05) is 0 Å². The molecule has 20 heavy (non-hydrogen) atoms. The number of halogens is 3. The van der Waals surface area contributed by atoms with Crippen molar-refractivity contribution in [3.05, 3.63) is 29.8 Å². The van der Waals surface area contributed by atoms with Gasteiger partial charge in [0.05, 0.1) is 5.56 Å². The summed E-state index contributed by atoms with van der Waals surface area (Å²) < 4.78 is 37.1. The summed E-state index contributed by atoms with van der Waals surface area (Å²) in [5.74, 6) is -0.593. The third-order valence-electron chi connectivity index (χ3n) is 2.45. The third kappa shape index (κ3) is 4.45. The van der Waals surface area contributed by atoms with E-state index in [4.69, 9.17) is 0 Å². The van der Waals surface area contributed by atoms with Gasteiger partial charge in [0.2, 0.25) is 5.91 Å². The van der Waals surface area contributed by atoms with Gasteiger partial charge in [0, 0.05) is 12.7 Å². The van der Waals surface area contributed by atoms with Crippen molar-refractivity contribution < 1.29 is 22.8 Å². The number of carbonyl (C=O) groups is 2. The Hall–Kier alpha value is -2.25. The Morgan fingerprint density at radius 3 is 2.15 bits per heavy atom. The Morgan fingerprint density at radius 1 is 1.15 bits per heavy atom. The fraction of sp³-hybridized carbons (Fsp3) is 0.333. The molecule has 3 N–H and O–H groups in total. The van der Waals surface area contributed by atoms with Crippen LogP contribution in [-0.2, 0) is 11.0 Å². The second-order valence-corrected chi connectivity index (χ2v) is 4.01. The van der Waals surface area contributed by atoms with Crippen molar-refractivity contribution in [3.8, 4) is 0 Å². The first kappa shape index (κ1) is 15.8. The van der Waals surface area contributed by atoms with E-state index < -0.39 is 29.7 Å². The summed E-state index contributed by atoms with van der Waals surface area (Å²) in [4.78, 5) is 22.5. The van der Waals surface area contributed by atoms with Crippen molar-refractivity contribution in [2.75, 3.05) is 12.4 Å². The Bertz CT molecular complexity index is 486. The molecule has 1 rings (SSSR count). The molecule has 0 aromatic heterocycles. The topological polar surface area (TPSA) is 70.2 Å². The molecule has 0 aliphatic heterocycles. The van der Waals surface area contributed by atoms with Gasteiger partial charge in [0.1, 0.15) is 6.04 Å². The van der Waals surface area contributed by atoms with E-state index in [9.17, 15) is 22.8 Å². The van der Waals surface area contributed by atoms with Crippen molar-refractivity contribution in [3.63, 3.8) is 0 Å². The molecule has 0 aliphatic carbocycles. The smallest absolute Gasteiger partial charge is 0.374 e. The van der Waals surface area contributed by atoms with E-state index in [1.54, 1.807) is 0 Å². The minimum Gasteiger partial charge on any atom is -0.374 e. The lowest BCUT2D eigenvalue weighted by atomic mass is 10.2. The Morgan fingerprint density at radius 2 is 1.70 bits per heavy atom. The number of imide groups is 1. The number of carbonyl (C=O) groups excluding carboxylic acids is 2. The van der Waals surface area contributed by atoms with Gasteiger partial charge in [0.15, 0.2) is 0 Å². The highest BCUT2D eigenvalue weighted by Gasteiger charge is 2.30. The molecular weight excluding hydrogens is 275 g/mol. The van der Waals surface area contributed by atoms with Crippen LogP contribution in [0, 0.1) is 0 Å². The van der Waals surface area contributed by atoms with Gasteiger partial charge in [-0.1, -0.05) is 0 Å². The average Bonchev–Trinajstić information content (AvgIpc) is 2.38. The quantitative estimate of drug-likeness (QED) is 0.796. The van der Waals surface area contributed by atoms with Crippen LogP contribution in [0.3, 0.4) is 0 Å². The van der Waals surface area contributed by atoms with Crippen LogP contribution in [0.2, 0.25) is 0 Å². The number of urea groups is 1. The molecule has 110 valence electrons. The van der Waals surface area contributed by atoms with Crippen LogP contribution in [0.1, 0.15) is 12.5 Å². The van der Waals surface area contributed by atoms with Gasteiger partial charge in [0.25, 0.3) is 0 Å². The highest BCUT2D eigenvalue weighted by atomic mass is 19.4. The zero-order valence-corrected chi connectivity index (χ0v) is 10.8. The van der Waals surface area contributed by atoms with Gasteiger partial charge in [-0.2, -0.15) is 13.2 Å². The minimum absolute atomic E-state index is 0.345. The SMILES string of the molecule is CNC(=O)NC(=O)C(C)Nc1ccc(C(F)(F)F)cc1. The molecule has 0 spiro atoms. The highest BCUT2D eigenvalue weighted by Crippen LogP contribution is 2.29. The van der Waals surface area contributed by atoms with Gasteiger partial charge in [-0.15, -0.1) is 0 Å². The van der Waals surface area contributed by atoms with E-state index in [-0.39, 0.29) is 0 Å². The molecule has 1 aromatic carbocycles. The van der Waals surface area contributed by atoms with Crippen molar-refractivity contribution in [1.82, 2.24) is 10.6 Å². The molecule has 0 fully saturated rings. The zero-order valence-electron chi connectivity index (χ0n) is 10.8. The molecule has 0 saturated carbocycles. The molecule has 1 aromatic rings. The lowest BCUT2D eigenvalue weighted by molar-refractivity contribution is -0.137. The number of benzene rings is 1. The van der Waals surface area contributed by atoms with Gasteiger partial charge in [-0.25, -0.2) is 4.79 Å². The molecule has 1 atom stereocenters. The van der Waals surface area contributed by atoms with Crippen LogP contribution in [-0.4, -0.2) is 25.0 Å². The number of alkyl halides is 3. The molecule has 1 unspecified atom stereocenters. The monoisotopic (exact) mass is 289 g/mol. The second kappa shape index (κ2) is 6.27. The van der Waals surface area contributed by atoms with Crippen LogP contribution in [0.15, 0.2) is 24.3 Å². The van der Waals surface area contributed by atoms with Crippen LogP contribution in [0.25, 0.3) is 0 Å². The molecule has 0 aliphatic rings. The van der Waals surface area contributed by atoms with E-state index in [2.05, 4.69) is 16.0 Å². The second-order valence-electron chi connectivity index (χ2n) is 4.01. The summed E-state index contributed by atoms with van der Waals surface area (Å²) in [5.41, 5.74) is -0.428. The highest BCUT2D eigenvalue weighted by molar-refractivity contribution is 5.97. The molecule has 3 amide bonds. The van der Waals surface area contributed by atoms with E-state index >= 15 is 0 Å². The largest absolute Gasteiger partial charge is 0.416 e. The number of nitrogens with one attached hydrogen (secondary N) is 3. The van der Waals surface area contributed by atoms with E-state index in [0.717, 1.165) is 12.1 Å². The minimum atomic E-state index is -4.40. The molecule has 0 heterocycles. The number of amides is 3. The lowest BCUT2D eigenvalue weighted by Gasteiger charge is -2.15. The maximum Gasteiger partial charge on any atom is 0.416 e. The molecular formula is C12H14F3N3O2. The fourth-order valence-electron chi connectivity index (χ4n) is 1.35. The molecule has 0 radical (unpaired) electrons. The summed E-state index contributed by atoms with van der Waals surface area (Å²) in [5, 5.41) is 6.96. The summed E-state index contributed by atoms with van der Waals surface area (Å²) in [7, 11) is 1.36. The Balaban J connectivity index is 2.64. The third-order valence-corrected chi connectivity index (χ3v) is 2.45. The van der Waals surface area contributed by atoms with Crippen LogP contribution in [0.5, 0.6) is 0 Å². The number of hydrogen-bond acceptors (Lipinski definition) is 3. The Kier molecular flexibility index (Phi) is 4.95.